The monoisotopic (exact) mass is 377 g/mol. The number of alkyl halides is 1. The lowest BCUT2D eigenvalue weighted by Gasteiger charge is -2.04. The molecule has 2 rings (SSSR count). The molecular weight excluding hydrogens is 369 g/mol. The van der Waals surface area contributed by atoms with E-state index in [4.69, 9.17) is 23.2 Å². The van der Waals surface area contributed by atoms with Crippen molar-refractivity contribution in [3.63, 3.8) is 0 Å². The van der Waals surface area contributed by atoms with E-state index in [1.165, 1.54) is 10.6 Å². The van der Waals surface area contributed by atoms with Crippen LogP contribution >= 0.6 is 39.1 Å². The van der Waals surface area contributed by atoms with E-state index >= 15 is 0 Å². The van der Waals surface area contributed by atoms with Gasteiger partial charge >= 0.3 is 5.97 Å². The van der Waals surface area contributed by atoms with E-state index in [0.717, 1.165) is 0 Å². The smallest absolute Gasteiger partial charge is 0.353 e. The first-order chi connectivity index (χ1) is 9.42. The molecule has 0 aliphatic carbocycles. The summed E-state index contributed by atoms with van der Waals surface area (Å²) in [4.78, 5) is 23.6. The summed E-state index contributed by atoms with van der Waals surface area (Å²) in [5.74, 6) is -1.50. The van der Waals surface area contributed by atoms with Gasteiger partial charge in [-0.05, 0) is 19.1 Å². The zero-order chi connectivity index (χ0) is 15.0. The largest absolute Gasteiger partial charge is 0.477 e. The van der Waals surface area contributed by atoms with Gasteiger partial charge in [0.2, 0.25) is 0 Å². The normalized spacial score (nSPS) is 11.0. The number of nitrogens with zero attached hydrogens (tertiary/aromatic N) is 1. The number of fused-ring (bicyclic) bond motifs is 1. The highest BCUT2D eigenvalue weighted by atomic mass is 79.9. The first-order valence-corrected chi connectivity index (χ1v) is 7.63. The Bertz CT molecular complexity index is 724. The average molecular weight is 379 g/mol. The third-order valence-corrected chi connectivity index (χ3v) is 4.03. The number of rotatable bonds is 4. The number of Topliss-reactive ketones (excluding diaryl/α,β-unsaturated/α-hetero) is 1. The van der Waals surface area contributed by atoms with Gasteiger partial charge < -0.3 is 9.67 Å². The second kappa shape index (κ2) is 5.76. The Morgan fingerprint density at radius 1 is 1.35 bits per heavy atom. The summed E-state index contributed by atoms with van der Waals surface area (Å²) in [5.41, 5.74) is 0.607. The molecule has 1 aromatic heterocycles. The van der Waals surface area contributed by atoms with Gasteiger partial charge in [-0.2, -0.15) is 0 Å². The predicted molar refractivity (Wildman–Crippen MR) is 82.7 cm³/mol. The molecule has 0 fully saturated rings. The second-order valence-electron chi connectivity index (χ2n) is 4.11. The lowest BCUT2D eigenvalue weighted by Crippen LogP contribution is -2.13. The van der Waals surface area contributed by atoms with E-state index in [1.54, 1.807) is 13.0 Å². The first kappa shape index (κ1) is 15.4. The summed E-state index contributed by atoms with van der Waals surface area (Å²) in [7, 11) is 0. The minimum atomic E-state index is -1.17. The number of carbonyl (C=O) groups excluding carboxylic acids is 1. The Hall–Kier alpha value is -1.04. The van der Waals surface area contributed by atoms with E-state index in [2.05, 4.69) is 15.9 Å². The number of aromatic carboxylic acids is 1. The van der Waals surface area contributed by atoms with Crippen molar-refractivity contribution in [3.05, 3.63) is 33.4 Å². The number of carbonyl (C=O) groups is 2. The van der Waals surface area contributed by atoms with E-state index in [1.807, 2.05) is 0 Å². The molecule has 0 aliphatic heterocycles. The molecule has 0 atom stereocenters. The van der Waals surface area contributed by atoms with E-state index in [9.17, 15) is 14.7 Å². The molecule has 1 aromatic carbocycles. The minimum Gasteiger partial charge on any atom is -0.477 e. The maximum atomic E-state index is 12.1. The number of benzene rings is 1. The summed E-state index contributed by atoms with van der Waals surface area (Å²) in [6.07, 6.45) is 0. The number of aryl methyl sites for hydroxylation is 1. The Kier molecular flexibility index (Phi) is 4.42. The SMILES string of the molecule is CCn1c(C(=O)O)c(C(=O)CBr)c2c(Cl)cc(Cl)cc21. The topological polar surface area (TPSA) is 59.3 Å². The highest BCUT2D eigenvalue weighted by molar-refractivity contribution is 9.09. The van der Waals surface area contributed by atoms with Crippen molar-refractivity contribution < 1.29 is 14.7 Å². The highest BCUT2D eigenvalue weighted by Crippen LogP contribution is 2.35. The maximum absolute atomic E-state index is 12.1. The van der Waals surface area contributed by atoms with Gasteiger partial charge in [0, 0.05) is 17.0 Å². The Morgan fingerprint density at radius 2 is 2.00 bits per heavy atom. The van der Waals surface area contributed by atoms with Gasteiger partial charge in [0.25, 0.3) is 0 Å². The van der Waals surface area contributed by atoms with Gasteiger partial charge in [0.15, 0.2) is 5.78 Å². The van der Waals surface area contributed by atoms with Crippen LogP contribution in [0.4, 0.5) is 0 Å². The molecule has 0 radical (unpaired) electrons. The molecule has 0 aliphatic rings. The van der Waals surface area contributed by atoms with Crippen LogP contribution in [-0.2, 0) is 6.54 Å². The standard InChI is InChI=1S/C13H10BrCl2NO3/c1-2-17-8-4-6(15)3-7(16)10(8)11(9(18)5-14)12(17)13(19)20/h3-4H,2,5H2,1H3,(H,19,20). The molecule has 4 nitrogen and oxygen atoms in total. The summed E-state index contributed by atoms with van der Waals surface area (Å²) >= 11 is 15.2. The second-order valence-corrected chi connectivity index (χ2v) is 5.52. The zero-order valence-corrected chi connectivity index (χ0v) is 13.5. The van der Waals surface area contributed by atoms with E-state index in [-0.39, 0.29) is 27.4 Å². The van der Waals surface area contributed by atoms with Crippen LogP contribution in [-0.4, -0.2) is 26.8 Å². The molecule has 0 bridgehead atoms. The van der Waals surface area contributed by atoms with Crippen LogP contribution in [0.1, 0.15) is 27.8 Å². The Labute approximate surface area is 133 Å². The van der Waals surface area contributed by atoms with Crippen molar-refractivity contribution in [3.8, 4) is 0 Å². The summed E-state index contributed by atoms with van der Waals surface area (Å²) in [5, 5.41) is 10.5. The van der Waals surface area contributed by atoms with Crippen LogP contribution < -0.4 is 0 Å². The summed E-state index contributed by atoms with van der Waals surface area (Å²) in [6, 6.07) is 3.12. The number of carboxylic acid groups (broad SMARTS) is 1. The van der Waals surface area contributed by atoms with Crippen LogP contribution in [0, 0.1) is 0 Å². The molecule has 20 heavy (non-hydrogen) atoms. The number of hydrogen-bond acceptors (Lipinski definition) is 2. The zero-order valence-electron chi connectivity index (χ0n) is 10.4. The molecule has 0 saturated heterocycles. The lowest BCUT2D eigenvalue weighted by atomic mass is 10.1. The number of hydrogen-bond donors (Lipinski definition) is 1. The van der Waals surface area contributed by atoms with Crippen molar-refractivity contribution in [2.24, 2.45) is 0 Å². The van der Waals surface area contributed by atoms with Gasteiger partial charge in [-0.25, -0.2) is 4.79 Å². The average Bonchev–Trinajstić information content (AvgIpc) is 2.72. The van der Waals surface area contributed by atoms with Crippen LogP contribution in [0.2, 0.25) is 10.0 Å². The van der Waals surface area contributed by atoms with Crippen LogP contribution in [0.25, 0.3) is 10.9 Å². The van der Waals surface area contributed by atoms with Gasteiger partial charge in [-0.15, -0.1) is 0 Å². The molecule has 1 N–H and O–H groups in total. The van der Waals surface area contributed by atoms with Crippen molar-refractivity contribution in [2.45, 2.75) is 13.5 Å². The van der Waals surface area contributed by atoms with Gasteiger partial charge in [0.05, 0.1) is 21.4 Å². The van der Waals surface area contributed by atoms with Crippen LogP contribution in [0.15, 0.2) is 12.1 Å². The molecule has 0 amide bonds. The van der Waals surface area contributed by atoms with Crippen LogP contribution in [0.5, 0.6) is 0 Å². The molecule has 0 saturated carbocycles. The number of aromatic nitrogens is 1. The van der Waals surface area contributed by atoms with Crippen molar-refractivity contribution >= 4 is 61.8 Å². The van der Waals surface area contributed by atoms with Crippen LogP contribution in [0.3, 0.4) is 0 Å². The first-order valence-electron chi connectivity index (χ1n) is 5.76. The summed E-state index contributed by atoms with van der Waals surface area (Å²) < 4.78 is 1.53. The van der Waals surface area contributed by atoms with Gasteiger partial charge in [0.1, 0.15) is 5.69 Å². The van der Waals surface area contributed by atoms with Crippen molar-refractivity contribution in [1.29, 1.82) is 0 Å². The fourth-order valence-electron chi connectivity index (χ4n) is 2.28. The highest BCUT2D eigenvalue weighted by Gasteiger charge is 2.27. The quantitative estimate of drug-likeness (QED) is 0.639. The molecule has 0 unspecified atom stereocenters. The molecular formula is C13H10BrCl2NO3. The third kappa shape index (κ3) is 2.34. The predicted octanol–water partition coefficient (Wildman–Crippen LogP) is 4.24. The maximum Gasteiger partial charge on any atom is 0.353 e. The molecule has 0 spiro atoms. The van der Waals surface area contributed by atoms with E-state index < -0.39 is 5.97 Å². The van der Waals surface area contributed by atoms with Gasteiger partial charge in [-0.1, -0.05) is 39.1 Å². The number of halogens is 3. The van der Waals surface area contributed by atoms with Crippen molar-refractivity contribution in [1.82, 2.24) is 4.57 Å². The number of ketones is 1. The third-order valence-electron chi connectivity index (χ3n) is 3.00. The Morgan fingerprint density at radius 3 is 2.50 bits per heavy atom. The summed E-state index contributed by atoms with van der Waals surface area (Å²) in [6.45, 7) is 2.19. The molecule has 7 heteroatoms. The molecule has 2 aromatic rings. The fraction of sp³-hybridized carbons (Fsp3) is 0.231. The lowest BCUT2D eigenvalue weighted by molar-refractivity contribution is 0.0681. The molecule has 1 heterocycles. The fourth-order valence-corrected chi connectivity index (χ4v) is 3.14. The van der Waals surface area contributed by atoms with E-state index in [0.29, 0.717) is 22.5 Å². The van der Waals surface area contributed by atoms with Gasteiger partial charge in [-0.3, -0.25) is 4.79 Å². The minimum absolute atomic E-state index is 0.0229. The van der Waals surface area contributed by atoms with Crippen molar-refractivity contribution in [2.75, 3.05) is 5.33 Å². The number of carboxylic acids is 1. The Balaban J connectivity index is 3.04. The molecule has 106 valence electrons.